The van der Waals surface area contributed by atoms with E-state index in [9.17, 15) is 15.0 Å². The first-order chi connectivity index (χ1) is 30.3. The smallest absolute Gasteiger partial charge is 0.410 e. The quantitative estimate of drug-likeness (QED) is 0.0493. The molecular formula is C52H78N2O8. The van der Waals surface area contributed by atoms with Gasteiger partial charge in [0, 0.05) is 37.7 Å². The van der Waals surface area contributed by atoms with Crippen LogP contribution in [0.2, 0.25) is 0 Å². The summed E-state index contributed by atoms with van der Waals surface area (Å²) in [6, 6.07) is 11.6. The standard InChI is InChI=1S/C52H78N2O8/c1-7-10-11-12-13-14-15-16-17-22-33-59-51(57)54(29-8-2)48-37-46(53-58-6)44-35-40(23-18-20-30-55)43(24-19-21-31-56)49-45-36-42(61-41-26-25-38(4)39(5)34-41)27-28-47(45)62-52(48,50(44)49)60-32-9-3/h9,25-28,34-36,40,43,48-50,55-56H,3,7-8,10-24,29-33,37H2,1-2,4-6H3. The molecule has 2 aromatic rings. The van der Waals surface area contributed by atoms with Gasteiger partial charge >= 0.3 is 6.09 Å². The lowest BCUT2D eigenvalue weighted by Crippen LogP contribution is -2.70. The number of rotatable bonds is 28. The summed E-state index contributed by atoms with van der Waals surface area (Å²) >= 11 is 0. The van der Waals surface area contributed by atoms with E-state index in [4.69, 9.17) is 28.9 Å². The Morgan fingerprint density at radius 3 is 2.21 bits per heavy atom. The van der Waals surface area contributed by atoms with Gasteiger partial charge in [0.05, 0.1) is 24.8 Å². The summed E-state index contributed by atoms with van der Waals surface area (Å²) in [6.07, 6.45) is 21.7. The first-order valence-electron chi connectivity index (χ1n) is 24.1. The number of aryl methyl sites for hydroxylation is 2. The number of allylic oxidation sites excluding steroid dienone is 1. The van der Waals surface area contributed by atoms with Crippen LogP contribution < -0.4 is 9.47 Å². The molecule has 344 valence electrons. The van der Waals surface area contributed by atoms with Crippen LogP contribution in [0.25, 0.3) is 0 Å². The molecule has 5 rings (SSSR count). The van der Waals surface area contributed by atoms with Crippen LogP contribution in [0.1, 0.15) is 152 Å². The SMILES string of the molecule is C=CCOC12Oc3ccc(Oc4ccc(C)c(C)c4)cc3C3C(CCCCO)C(CCCCO)C=C(C(=NOC)CC1N(CCC)C(=O)OCCCCCCCCCCCC)C32. The zero-order valence-corrected chi connectivity index (χ0v) is 38.7. The fourth-order valence-corrected chi connectivity index (χ4v) is 10.2. The van der Waals surface area contributed by atoms with Crippen molar-refractivity contribution in [2.75, 3.05) is 40.1 Å². The largest absolute Gasteiger partial charge is 0.459 e. The fraction of sp³-hybridized carbons (Fsp3) is 0.654. The average Bonchev–Trinajstić information content (AvgIpc) is 3.27. The fourth-order valence-electron chi connectivity index (χ4n) is 10.2. The van der Waals surface area contributed by atoms with Crippen LogP contribution in [0, 0.1) is 31.6 Å². The van der Waals surface area contributed by atoms with Gasteiger partial charge in [0.2, 0.25) is 5.79 Å². The molecule has 0 radical (unpaired) electrons. The van der Waals surface area contributed by atoms with Crippen molar-refractivity contribution in [3.05, 3.63) is 77.4 Å². The van der Waals surface area contributed by atoms with Gasteiger partial charge in [0.25, 0.3) is 0 Å². The van der Waals surface area contributed by atoms with Crippen LogP contribution >= 0.6 is 0 Å². The lowest BCUT2D eigenvalue weighted by molar-refractivity contribution is -0.255. The minimum atomic E-state index is -1.32. The van der Waals surface area contributed by atoms with E-state index in [1.54, 1.807) is 13.2 Å². The number of ether oxygens (including phenoxy) is 4. The normalized spacial score (nSPS) is 23.2. The molecule has 6 unspecified atom stereocenters. The minimum absolute atomic E-state index is 0.116. The van der Waals surface area contributed by atoms with Gasteiger partial charge in [-0.25, -0.2) is 4.79 Å². The van der Waals surface area contributed by atoms with Crippen molar-refractivity contribution >= 4 is 11.8 Å². The molecule has 0 bridgehead atoms. The van der Waals surface area contributed by atoms with Gasteiger partial charge in [-0.3, -0.25) is 4.90 Å². The third-order valence-electron chi connectivity index (χ3n) is 13.4. The molecule has 2 aliphatic carbocycles. The van der Waals surface area contributed by atoms with Crippen LogP contribution in [0.5, 0.6) is 17.2 Å². The Kier molecular flexibility index (Phi) is 20.2. The predicted molar refractivity (Wildman–Crippen MR) is 248 cm³/mol. The molecule has 3 aliphatic rings. The van der Waals surface area contributed by atoms with Crippen molar-refractivity contribution in [2.45, 2.75) is 161 Å². The summed E-state index contributed by atoms with van der Waals surface area (Å²) in [6.45, 7) is 13.8. The first kappa shape index (κ1) is 49.2. The van der Waals surface area contributed by atoms with E-state index >= 15 is 0 Å². The third kappa shape index (κ3) is 12.4. The maximum atomic E-state index is 14.5. The highest BCUT2D eigenvalue weighted by atomic mass is 16.7. The molecule has 1 aliphatic heterocycles. The molecule has 0 aromatic heterocycles. The van der Waals surface area contributed by atoms with Gasteiger partial charge < -0.3 is 34.0 Å². The number of carbonyl (C=O) groups is 1. The van der Waals surface area contributed by atoms with Crippen molar-refractivity contribution in [1.82, 2.24) is 4.90 Å². The first-order valence-corrected chi connectivity index (χ1v) is 24.1. The van der Waals surface area contributed by atoms with E-state index in [2.05, 4.69) is 58.5 Å². The van der Waals surface area contributed by atoms with Gasteiger partial charge in [0.1, 0.15) is 30.4 Å². The number of aliphatic hydroxyl groups excluding tert-OH is 2. The Balaban J connectivity index is 1.55. The average molecular weight is 859 g/mol. The molecular weight excluding hydrogens is 781 g/mol. The third-order valence-corrected chi connectivity index (χ3v) is 13.4. The molecule has 1 fully saturated rings. The second-order valence-corrected chi connectivity index (χ2v) is 17.8. The Hall–Kier alpha value is -3.86. The van der Waals surface area contributed by atoms with Crippen LogP contribution in [0.15, 0.2) is 65.9 Å². The number of unbranched alkanes of at least 4 members (excludes halogenated alkanes) is 11. The molecule has 2 aromatic carbocycles. The molecule has 0 saturated heterocycles. The van der Waals surface area contributed by atoms with Crippen molar-refractivity contribution in [3.63, 3.8) is 0 Å². The lowest BCUT2D eigenvalue weighted by Gasteiger charge is -2.59. The number of benzene rings is 2. The summed E-state index contributed by atoms with van der Waals surface area (Å²) in [5.74, 6) is 0.569. The van der Waals surface area contributed by atoms with Gasteiger partial charge in [-0.05, 0) is 111 Å². The number of nitrogens with zero attached hydrogens (tertiary/aromatic N) is 2. The van der Waals surface area contributed by atoms with Crippen molar-refractivity contribution in [2.24, 2.45) is 22.9 Å². The summed E-state index contributed by atoms with van der Waals surface area (Å²) in [4.78, 5) is 21.9. The Morgan fingerprint density at radius 2 is 1.55 bits per heavy atom. The molecule has 1 heterocycles. The molecule has 0 spiro atoms. The molecule has 2 N–H and O–H groups in total. The van der Waals surface area contributed by atoms with E-state index in [-0.39, 0.29) is 49.6 Å². The highest BCUT2D eigenvalue weighted by Crippen LogP contribution is 2.62. The van der Waals surface area contributed by atoms with E-state index in [1.807, 2.05) is 23.1 Å². The Bertz CT molecular complexity index is 1760. The summed E-state index contributed by atoms with van der Waals surface area (Å²) in [5, 5.41) is 24.5. The van der Waals surface area contributed by atoms with Crippen molar-refractivity contribution < 1.29 is 38.8 Å². The number of hydrogen-bond donors (Lipinski definition) is 2. The van der Waals surface area contributed by atoms with E-state index in [0.717, 1.165) is 73.1 Å². The van der Waals surface area contributed by atoms with Gasteiger partial charge in [-0.2, -0.15) is 0 Å². The predicted octanol–water partition coefficient (Wildman–Crippen LogP) is 12.1. The summed E-state index contributed by atoms with van der Waals surface area (Å²) in [5.41, 5.74) is 5.15. The number of hydrogen-bond acceptors (Lipinski definition) is 9. The lowest BCUT2D eigenvalue weighted by atomic mass is 9.55. The Labute approximate surface area is 373 Å². The topological polar surface area (TPSA) is 119 Å². The van der Waals surface area contributed by atoms with E-state index in [0.29, 0.717) is 50.3 Å². The van der Waals surface area contributed by atoms with Crippen molar-refractivity contribution in [3.8, 4) is 17.2 Å². The maximum Gasteiger partial charge on any atom is 0.410 e. The van der Waals surface area contributed by atoms with Crippen LogP contribution in [-0.4, -0.2) is 78.8 Å². The highest BCUT2D eigenvalue weighted by molar-refractivity contribution is 6.03. The number of aliphatic hydroxyl groups is 2. The molecule has 62 heavy (non-hydrogen) atoms. The molecule has 10 heteroatoms. The zero-order chi connectivity index (χ0) is 44.3. The van der Waals surface area contributed by atoms with Gasteiger partial charge in [-0.15, -0.1) is 6.58 Å². The number of amides is 1. The highest BCUT2D eigenvalue weighted by Gasteiger charge is 2.65. The van der Waals surface area contributed by atoms with Crippen LogP contribution in [0.3, 0.4) is 0 Å². The van der Waals surface area contributed by atoms with Gasteiger partial charge in [-0.1, -0.05) is 108 Å². The molecule has 6 atom stereocenters. The van der Waals surface area contributed by atoms with E-state index in [1.165, 1.54) is 50.5 Å². The molecule has 10 nitrogen and oxygen atoms in total. The monoisotopic (exact) mass is 859 g/mol. The Morgan fingerprint density at radius 1 is 0.871 bits per heavy atom. The van der Waals surface area contributed by atoms with Crippen molar-refractivity contribution in [1.29, 1.82) is 0 Å². The molecule has 1 saturated carbocycles. The maximum absolute atomic E-state index is 14.5. The van der Waals surface area contributed by atoms with Gasteiger partial charge in [0.15, 0.2) is 0 Å². The second-order valence-electron chi connectivity index (χ2n) is 17.8. The number of carbonyl (C=O) groups excluding carboxylic acids is 1. The summed E-state index contributed by atoms with van der Waals surface area (Å²) < 4.78 is 27.1. The zero-order valence-electron chi connectivity index (χ0n) is 38.7. The number of fused-ring (bicyclic) bond motifs is 2. The summed E-state index contributed by atoms with van der Waals surface area (Å²) in [7, 11) is 1.57. The van der Waals surface area contributed by atoms with E-state index < -0.39 is 11.8 Å². The molecule has 1 amide bonds. The second kappa shape index (κ2) is 25.4. The van der Waals surface area contributed by atoms with Crippen LogP contribution in [0.4, 0.5) is 4.79 Å². The number of oxime groups is 1. The minimum Gasteiger partial charge on any atom is -0.459 e. The van der Waals surface area contributed by atoms with Crippen LogP contribution in [-0.2, 0) is 14.3 Å².